The number of carbonyl (C=O) groups is 1. The summed E-state index contributed by atoms with van der Waals surface area (Å²) in [5, 5.41) is 17.9. The van der Waals surface area contributed by atoms with Crippen LogP contribution in [0, 0.1) is 0 Å². The summed E-state index contributed by atoms with van der Waals surface area (Å²) < 4.78 is 1.64. The SMILES string of the molecule is O=C(NCc1ccncc1)c1ccc(-c2cc(=NC3CC3)n3ncc(=Cc4[nH]c(=O)[nH]c4O)c3n2)s1. The second kappa shape index (κ2) is 8.89. The average Bonchev–Trinajstić information content (AvgIpc) is 3.25. The quantitative estimate of drug-likeness (QED) is 0.274. The van der Waals surface area contributed by atoms with Gasteiger partial charge in [0, 0.05) is 30.2 Å². The molecule has 1 aliphatic rings. The van der Waals surface area contributed by atoms with Crippen LogP contribution in [0.5, 0.6) is 5.88 Å². The van der Waals surface area contributed by atoms with Gasteiger partial charge in [0.25, 0.3) is 5.91 Å². The molecule has 4 N–H and O–H groups in total. The maximum atomic E-state index is 12.7. The number of nitrogens with zero attached hydrogens (tertiary/aromatic N) is 5. The van der Waals surface area contributed by atoms with Gasteiger partial charge in [-0.15, -0.1) is 11.3 Å². The first-order chi connectivity index (χ1) is 17.5. The molecule has 12 heteroatoms. The highest BCUT2D eigenvalue weighted by Gasteiger charge is 2.21. The highest BCUT2D eigenvalue weighted by atomic mass is 32.1. The van der Waals surface area contributed by atoms with Crippen LogP contribution in [0.4, 0.5) is 0 Å². The first kappa shape index (κ1) is 21.9. The molecule has 180 valence electrons. The lowest BCUT2D eigenvalue weighted by atomic mass is 10.2. The van der Waals surface area contributed by atoms with E-state index < -0.39 is 5.69 Å². The Bertz CT molecular complexity index is 1760. The molecule has 36 heavy (non-hydrogen) atoms. The van der Waals surface area contributed by atoms with Crippen molar-refractivity contribution in [3.63, 3.8) is 0 Å². The van der Waals surface area contributed by atoms with Gasteiger partial charge in [-0.25, -0.2) is 9.78 Å². The first-order valence-corrected chi connectivity index (χ1v) is 12.1. The van der Waals surface area contributed by atoms with E-state index in [0.29, 0.717) is 33.5 Å². The van der Waals surface area contributed by atoms with Crippen LogP contribution in [0.1, 0.15) is 33.8 Å². The Labute approximate surface area is 206 Å². The summed E-state index contributed by atoms with van der Waals surface area (Å²) in [7, 11) is 0. The molecule has 5 aromatic rings. The largest absolute Gasteiger partial charge is 0.493 e. The summed E-state index contributed by atoms with van der Waals surface area (Å²) in [6.07, 6.45) is 8.63. The van der Waals surface area contributed by atoms with Crippen molar-refractivity contribution in [2.24, 2.45) is 4.99 Å². The summed E-state index contributed by atoms with van der Waals surface area (Å²) in [5.74, 6) is -0.434. The van der Waals surface area contributed by atoms with Gasteiger partial charge in [-0.05, 0) is 48.7 Å². The Morgan fingerprint density at radius 3 is 2.83 bits per heavy atom. The molecule has 5 heterocycles. The third-order valence-corrected chi connectivity index (χ3v) is 6.77. The number of hydrogen-bond donors (Lipinski definition) is 4. The van der Waals surface area contributed by atoms with Gasteiger partial charge < -0.3 is 15.4 Å². The molecule has 0 bridgehead atoms. The van der Waals surface area contributed by atoms with Gasteiger partial charge in [0.1, 0.15) is 5.69 Å². The standard InChI is InChI=1S/C24H20N8O3S/c33-22-17(30-24(35)31-22)9-14-12-27-32-20(28-15-1-2-15)10-16(29-21(14)32)18-3-4-19(36-18)23(34)26-11-13-5-7-25-8-6-13/h3-10,12,15,33H,1-2,11H2,(H,26,34)(H2,30,31,35). The molecule has 5 aromatic heterocycles. The number of aromatic nitrogens is 6. The molecule has 1 fully saturated rings. The van der Waals surface area contributed by atoms with Gasteiger partial charge in [0.05, 0.1) is 27.7 Å². The number of pyridine rings is 1. The van der Waals surface area contributed by atoms with Gasteiger partial charge in [-0.2, -0.15) is 9.61 Å². The van der Waals surface area contributed by atoms with Gasteiger partial charge in [-0.1, -0.05) is 0 Å². The number of H-pyrrole nitrogens is 2. The Morgan fingerprint density at radius 2 is 2.08 bits per heavy atom. The van der Waals surface area contributed by atoms with Crippen LogP contribution in [0.3, 0.4) is 0 Å². The fourth-order valence-electron chi connectivity index (χ4n) is 3.69. The lowest BCUT2D eigenvalue weighted by Gasteiger charge is -2.03. The van der Waals surface area contributed by atoms with E-state index in [2.05, 4.69) is 25.4 Å². The van der Waals surface area contributed by atoms with Crippen molar-refractivity contribution >= 4 is 29.0 Å². The first-order valence-electron chi connectivity index (χ1n) is 11.3. The van der Waals surface area contributed by atoms with Crippen LogP contribution in [0.15, 0.2) is 58.7 Å². The van der Waals surface area contributed by atoms with Crippen LogP contribution in [-0.2, 0) is 6.54 Å². The number of carbonyl (C=O) groups excluding carboxylic acids is 1. The molecular weight excluding hydrogens is 480 g/mol. The van der Waals surface area contributed by atoms with E-state index in [9.17, 15) is 14.7 Å². The van der Waals surface area contributed by atoms with Crippen LogP contribution < -0.4 is 21.7 Å². The van der Waals surface area contributed by atoms with E-state index in [4.69, 9.17) is 9.98 Å². The van der Waals surface area contributed by atoms with Gasteiger partial charge >= 0.3 is 5.69 Å². The van der Waals surface area contributed by atoms with Gasteiger partial charge in [-0.3, -0.25) is 19.8 Å². The molecule has 0 saturated heterocycles. The Kier molecular flexibility index (Phi) is 5.41. The third kappa shape index (κ3) is 4.41. The normalized spacial score (nSPS) is 14.6. The Morgan fingerprint density at radius 1 is 1.25 bits per heavy atom. The van der Waals surface area contributed by atoms with E-state index in [0.717, 1.165) is 23.3 Å². The zero-order chi connectivity index (χ0) is 24.6. The number of amides is 1. The van der Waals surface area contributed by atoms with Crippen LogP contribution in [0.25, 0.3) is 22.3 Å². The number of thiophene rings is 1. The third-order valence-electron chi connectivity index (χ3n) is 5.66. The zero-order valence-corrected chi connectivity index (χ0v) is 19.6. The van der Waals surface area contributed by atoms with Crippen molar-refractivity contribution in [3.05, 3.63) is 86.2 Å². The van der Waals surface area contributed by atoms with E-state index in [-0.39, 0.29) is 23.5 Å². The Balaban J connectivity index is 1.38. The second-order valence-corrected chi connectivity index (χ2v) is 9.47. The number of aromatic hydroxyl groups is 1. The lowest BCUT2D eigenvalue weighted by molar-refractivity contribution is 0.0955. The zero-order valence-electron chi connectivity index (χ0n) is 18.8. The molecule has 11 nitrogen and oxygen atoms in total. The van der Waals surface area contributed by atoms with Crippen molar-refractivity contribution in [2.75, 3.05) is 0 Å². The summed E-state index contributed by atoms with van der Waals surface area (Å²) in [6, 6.07) is 9.46. The number of aromatic amines is 2. The van der Waals surface area contributed by atoms with Crippen molar-refractivity contribution < 1.29 is 9.90 Å². The van der Waals surface area contributed by atoms with Gasteiger partial charge in [0.2, 0.25) is 5.88 Å². The fraction of sp³-hybridized carbons (Fsp3) is 0.167. The van der Waals surface area contributed by atoms with E-state index >= 15 is 0 Å². The molecule has 0 aromatic carbocycles. The molecule has 0 atom stereocenters. The summed E-state index contributed by atoms with van der Waals surface area (Å²) in [4.78, 5) is 44.0. The fourth-order valence-corrected chi connectivity index (χ4v) is 4.57. The monoisotopic (exact) mass is 500 g/mol. The van der Waals surface area contributed by atoms with E-state index in [1.807, 2.05) is 24.3 Å². The smallest absolute Gasteiger partial charge is 0.326 e. The minimum atomic E-state index is -0.512. The van der Waals surface area contributed by atoms with Crippen LogP contribution in [0.2, 0.25) is 0 Å². The maximum Gasteiger partial charge on any atom is 0.326 e. The minimum Gasteiger partial charge on any atom is -0.493 e. The van der Waals surface area contributed by atoms with Crippen LogP contribution in [-0.4, -0.2) is 46.6 Å². The molecule has 6 rings (SSSR count). The molecule has 1 amide bonds. The van der Waals surface area contributed by atoms with Crippen molar-refractivity contribution in [2.45, 2.75) is 25.4 Å². The highest BCUT2D eigenvalue weighted by Crippen LogP contribution is 2.27. The topological polar surface area (TPSA) is 153 Å². The average molecular weight is 501 g/mol. The summed E-state index contributed by atoms with van der Waals surface area (Å²) in [5.41, 5.74) is 2.51. The molecule has 0 unspecified atom stereocenters. The van der Waals surface area contributed by atoms with Crippen molar-refractivity contribution in [3.8, 4) is 16.5 Å². The second-order valence-electron chi connectivity index (χ2n) is 8.38. The predicted octanol–water partition coefficient (Wildman–Crippen LogP) is 1.12. The lowest BCUT2D eigenvalue weighted by Crippen LogP contribution is -2.21. The molecule has 0 spiro atoms. The van der Waals surface area contributed by atoms with E-state index in [1.54, 1.807) is 35.2 Å². The minimum absolute atomic E-state index is 0.169. The maximum absolute atomic E-state index is 12.7. The predicted molar refractivity (Wildman–Crippen MR) is 132 cm³/mol. The van der Waals surface area contributed by atoms with Crippen molar-refractivity contribution in [1.82, 2.24) is 34.9 Å². The van der Waals surface area contributed by atoms with E-state index in [1.165, 1.54) is 11.3 Å². The molecular formula is C24H20N8O3S. The number of fused-ring (bicyclic) bond motifs is 1. The summed E-state index contributed by atoms with van der Waals surface area (Å²) >= 11 is 1.34. The molecule has 0 radical (unpaired) electrons. The molecule has 1 aliphatic carbocycles. The van der Waals surface area contributed by atoms with Crippen molar-refractivity contribution in [1.29, 1.82) is 0 Å². The molecule has 0 aliphatic heterocycles. The van der Waals surface area contributed by atoms with Crippen LogP contribution >= 0.6 is 11.3 Å². The highest BCUT2D eigenvalue weighted by molar-refractivity contribution is 7.17. The number of hydrogen-bond acceptors (Lipinski definition) is 8. The van der Waals surface area contributed by atoms with Gasteiger partial charge in [0.15, 0.2) is 11.1 Å². The number of rotatable bonds is 6. The Hall–Kier alpha value is -4.58. The number of imidazole rings is 1. The summed E-state index contributed by atoms with van der Waals surface area (Å²) in [6.45, 7) is 0.409. The number of nitrogens with one attached hydrogen (secondary N) is 3. The molecule has 1 saturated carbocycles.